The maximum absolute atomic E-state index is 4.28. The molecule has 2 N–H and O–H groups in total. The van der Waals surface area contributed by atoms with Crippen molar-refractivity contribution in [2.75, 3.05) is 13.1 Å². The van der Waals surface area contributed by atoms with Crippen molar-refractivity contribution in [3.63, 3.8) is 0 Å². The molecule has 0 atom stereocenters. The molecule has 1 fully saturated rings. The van der Waals surface area contributed by atoms with E-state index in [4.69, 9.17) is 0 Å². The van der Waals surface area contributed by atoms with Gasteiger partial charge in [0.1, 0.15) is 0 Å². The van der Waals surface area contributed by atoms with Gasteiger partial charge in [-0.05, 0) is 50.9 Å². The highest BCUT2D eigenvalue weighted by atomic mass is 15.5. The van der Waals surface area contributed by atoms with Crippen LogP contribution in [0.5, 0.6) is 0 Å². The molecule has 2 aromatic rings. The molecular weight excluding hydrogens is 238 g/mol. The van der Waals surface area contributed by atoms with Crippen LogP contribution in [0.1, 0.15) is 35.4 Å². The molecule has 0 spiro atoms. The number of aromatic amines is 1. The Morgan fingerprint density at radius 2 is 1.95 bits per heavy atom. The lowest BCUT2D eigenvalue weighted by Gasteiger charge is -2.36. The molecular formula is C14H19N5. The summed E-state index contributed by atoms with van der Waals surface area (Å²) in [5, 5.41) is 18.4. The maximum Gasteiger partial charge on any atom is 0.185 e. The smallest absolute Gasteiger partial charge is 0.185 e. The zero-order chi connectivity index (χ0) is 13.3. The minimum atomic E-state index is -0.103. The van der Waals surface area contributed by atoms with Crippen LogP contribution in [0.4, 0.5) is 0 Å². The van der Waals surface area contributed by atoms with Crippen LogP contribution in [0.3, 0.4) is 0 Å². The maximum atomic E-state index is 4.28. The van der Waals surface area contributed by atoms with Gasteiger partial charge in [0.2, 0.25) is 0 Å². The quantitative estimate of drug-likeness (QED) is 0.855. The third-order valence-electron chi connectivity index (χ3n) is 4.14. The minimum absolute atomic E-state index is 0.103. The van der Waals surface area contributed by atoms with Crippen molar-refractivity contribution in [2.24, 2.45) is 0 Å². The van der Waals surface area contributed by atoms with E-state index in [1.54, 1.807) is 0 Å². The molecule has 1 aromatic heterocycles. The van der Waals surface area contributed by atoms with Gasteiger partial charge in [-0.3, -0.25) is 0 Å². The molecule has 5 nitrogen and oxygen atoms in total. The first kappa shape index (κ1) is 12.3. The van der Waals surface area contributed by atoms with Crippen LogP contribution >= 0.6 is 0 Å². The summed E-state index contributed by atoms with van der Waals surface area (Å²) >= 11 is 0. The third-order valence-corrected chi connectivity index (χ3v) is 4.14. The Morgan fingerprint density at radius 1 is 1.16 bits per heavy atom. The molecule has 1 aliphatic heterocycles. The molecule has 0 amide bonds. The van der Waals surface area contributed by atoms with Crippen molar-refractivity contribution in [2.45, 2.75) is 32.1 Å². The fraction of sp³-hybridized carbons (Fsp3) is 0.500. The van der Waals surface area contributed by atoms with Gasteiger partial charge in [0.25, 0.3) is 0 Å². The topological polar surface area (TPSA) is 66.5 Å². The number of aromatic nitrogens is 4. The molecule has 1 aliphatic rings. The van der Waals surface area contributed by atoms with Crippen LogP contribution in [0, 0.1) is 13.8 Å². The van der Waals surface area contributed by atoms with E-state index in [1.165, 1.54) is 16.7 Å². The van der Waals surface area contributed by atoms with Gasteiger partial charge >= 0.3 is 0 Å². The summed E-state index contributed by atoms with van der Waals surface area (Å²) in [6.07, 6.45) is 2.02. The van der Waals surface area contributed by atoms with E-state index in [0.29, 0.717) is 0 Å². The summed E-state index contributed by atoms with van der Waals surface area (Å²) in [5.41, 5.74) is 3.82. The Hall–Kier alpha value is -1.75. The Morgan fingerprint density at radius 3 is 2.63 bits per heavy atom. The van der Waals surface area contributed by atoms with Crippen LogP contribution in [-0.4, -0.2) is 33.7 Å². The first-order valence-electron chi connectivity index (χ1n) is 6.75. The fourth-order valence-corrected chi connectivity index (χ4v) is 3.08. The van der Waals surface area contributed by atoms with E-state index in [9.17, 15) is 0 Å². The minimum Gasteiger partial charge on any atom is -0.317 e. The Bertz CT molecular complexity index is 555. The molecule has 0 unspecified atom stereocenters. The van der Waals surface area contributed by atoms with Gasteiger partial charge in [-0.2, -0.15) is 5.21 Å². The molecule has 0 saturated carbocycles. The van der Waals surface area contributed by atoms with Crippen LogP contribution in [-0.2, 0) is 5.41 Å². The Labute approximate surface area is 112 Å². The molecule has 5 heteroatoms. The summed E-state index contributed by atoms with van der Waals surface area (Å²) in [6, 6.07) is 6.62. The van der Waals surface area contributed by atoms with Gasteiger partial charge < -0.3 is 5.32 Å². The number of rotatable bonds is 2. The van der Waals surface area contributed by atoms with E-state index in [-0.39, 0.29) is 5.41 Å². The Kier molecular flexibility index (Phi) is 3.06. The molecule has 3 rings (SSSR count). The van der Waals surface area contributed by atoms with Crippen LogP contribution in [0.15, 0.2) is 18.2 Å². The Balaban J connectivity index is 2.16. The van der Waals surface area contributed by atoms with Crippen LogP contribution in [0.25, 0.3) is 0 Å². The second-order valence-electron chi connectivity index (χ2n) is 5.39. The number of piperidine rings is 1. The first-order valence-corrected chi connectivity index (χ1v) is 6.75. The largest absolute Gasteiger partial charge is 0.317 e. The molecule has 2 heterocycles. The van der Waals surface area contributed by atoms with Gasteiger partial charge in [-0.1, -0.05) is 29.0 Å². The van der Waals surface area contributed by atoms with Gasteiger partial charge in [0.15, 0.2) is 5.82 Å². The number of H-pyrrole nitrogens is 1. The van der Waals surface area contributed by atoms with Crippen molar-refractivity contribution in [3.05, 3.63) is 40.7 Å². The number of aryl methyl sites for hydroxylation is 2. The van der Waals surface area contributed by atoms with Crippen molar-refractivity contribution in [1.29, 1.82) is 0 Å². The fourth-order valence-electron chi connectivity index (χ4n) is 3.08. The highest BCUT2D eigenvalue weighted by Gasteiger charge is 2.40. The zero-order valence-electron chi connectivity index (χ0n) is 11.4. The van der Waals surface area contributed by atoms with E-state index in [1.807, 2.05) is 0 Å². The lowest BCUT2D eigenvalue weighted by Crippen LogP contribution is -2.42. The molecule has 0 aliphatic carbocycles. The summed E-state index contributed by atoms with van der Waals surface area (Å²) in [4.78, 5) is 0. The van der Waals surface area contributed by atoms with Crippen molar-refractivity contribution < 1.29 is 0 Å². The van der Waals surface area contributed by atoms with Gasteiger partial charge in [-0.25, -0.2) is 0 Å². The molecule has 0 bridgehead atoms. The molecule has 1 saturated heterocycles. The SMILES string of the molecule is Cc1ccc(C)c(C2(c3nn[nH]n3)CCNCC2)c1. The number of hydrogen-bond acceptors (Lipinski definition) is 4. The van der Waals surface area contributed by atoms with Gasteiger partial charge in [0.05, 0.1) is 5.41 Å². The number of nitrogens with zero attached hydrogens (tertiary/aromatic N) is 3. The van der Waals surface area contributed by atoms with Gasteiger partial charge in [-0.15, -0.1) is 10.2 Å². The monoisotopic (exact) mass is 257 g/mol. The van der Waals surface area contributed by atoms with Crippen molar-refractivity contribution in [3.8, 4) is 0 Å². The summed E-state index contributed by atoms with van der Waals surface area (Å²) in [7, 11) is 0. The summed E-state index contributed by atoms with van der Waals surface area (Å²) in [5.74, 6) is 0.822. The molecule has 0 radical (unpaired) electrons. The average Bonchev–Trinajstić information content (AvgIpc) is 2.97. The van der Waals surface area contributed by atoms with E-state index in [0.717, 1.165) is 31.8 Å². The highest BCUT2D eigenvalue weighted by Crippen LogP contribution is 2.39. The predicted octanol–water partition coefficient (Wildman–Crippen LogP) is 1.49. The summed E-state index contributed by atoms with van der Waals surface area (Å²) < 4.78 is 0. The zero-order valence-corrected chi connectivity index (χ0v) is 11.4. The lowest BCUT2D eigenvalue weighted by molar-refractivity contribution is 0.344. The van der Waals surface area contributed by atoms with Crippen molar-refractivity contribution >= 4 is 0 Å². The number of tetrazole rings is 1. The molecule has 100 valence electrons. The van der Waals surface area contributed by atoms with Crippen LogP contribution in [0.2, 0.25) is 0 Å². The van der Waals surface area contributed by atoms with Crippen molar-refractivity contribution in [1.82, 2.24) is 25.9 Å². The lowest BCUT2D eigenvalue weighted by atomic mass is 9.70. The van der Waals surface area contributed by atoms with E-state index < -0.39 is 0 Å². The molecule has 19 heavy (non-hydrogen) atoms. The standard InChI is InChI=1S/C14H19N5/c1-10-3-4-11(2)12(9-10)14(5-7-15-8-6-14)13-16-18-19-17-13/h3-4,9,15H,5-8H2,1-2H3,(H,16,17,18,19). The number of hydrogen-bond donors (Lipinski definition) is 2. The predicted molar refractivity (Wildman–Crippen MR) is 73.0 cm³/mol. The second kappa shape index (κ2) is 4.74. The number of benzene rings is 1. The van der Waals surface area contributed by atoms with Gasteiger partial charge in [0, 0.05) is 0 Å². The number of nitrogens with one attached hydrogen (secondary N) is 2. The average molecular weight is 257 g/mol. The summed E-state index contributed by atoms with van der Waals surface area (Å²) in [6.45, 7) is 6.27. The van der Waals surface area contributed by atoms with Crippen LogP contribution < -0.4 is 5.32 Å². The van der Waals surface area contributed by atoms with E-state index in [2.05, 4.69) is 58.0 Å². The second-order valence-corrected chi connectivity index (χ2v) is 5.39. The first-order chi connectivity index (χ1) is 9.22. The van der Waals surface area contributed by atoms with E-state index >= 15 is 0 Å². The molecule has 1 aromatic carbocycles. The highest BCUT2D eigenvalue weighted by molar-refractivity contribution is 5.41. The third kappa shape index (κ3) is 2.04. The normalized spacial score (nSPS) is 18.4.